The molecule has 3 rings (SSSR count). The molecule has 0 bridgehead atoms. The number of hydrogen-bond donors (Lipinski definition) is 1. The Morgan fingerprint density at radius 3 is 2.90 bits per heavy atom. The van der Waals surface area contributed by atoms with E-state index in [0.29, 0.717) is 18.0 Å². The topological polar surface area (TPSA) is 92.3 Å². The predicted molar refractivity (Wildman–Crippen MR) is 75.2 cm³/mol. The highest BCUT2D eigenvalue weighted by Gasteiger charge is 2.48. The van der Waals surface area contributed by atoms with Crippen LogP contribution in [-0.4, -0.2) is 39.4 Å². The lowest BCUT2D eigenvalue weighted by Crippen LogP contribution is -2.38. The van der Waals surface area contributed by atoms with E-state index in [-0.39, 0.29) is 30.2 Å². The minimum Gasteiger partial charge on any atom is -0.299 e. The van der Waals surface area contributed by atoms with E-state index in [1.54, 1.807) is 0 Å². The average molecular weight is 306 g/mol. The molecule has 1 aromatic rings. The summed E-state index contributed by atoms with van der Waals surface area (Å²) in [6, 6.07) is 0. The fourth-order valence-electron chi connectivity index (χ4n) is 2.79. The number of imide groups is 1. The number of carbonyl (C=O) groups excluding carboxylic acids is 3. The van der Waals surface area contributed by atoms with Crippen molar-refractivity contribution in [1.29, 1.82) is 0 Å². The van der Waals surface area contributed by atoms with E-state index in [1.807, 2.05) is 13.0 Å². The summed E-state index contributed by atoms with van der Waals surface area (Å²) in [5, 5.41) is 10.2. The van der Waals surface area contributed by atoms with Crippen molar-refractivity contribution in [1.82, 2.24) is 15.1 Å². The number of fused-ring (bicyclic) bond motifs is 1. The zero-order valence-electron chi connectivity index (χ0n) is 11.4. The first kappa shape index (κ1) is 13.9. The van der Waals surface area contributed by atoms with Gasteiger partial charge in [-0.1, -0.05) is 23.0 Å². The second-order valence-corrected chi connectivity index (χ2v) is 6.09. The third-order valence-corrected chi connectivity index (χ3v) is 4.43. The number of nitrogens with one attached hydrogen (secondary N) is 1. The summed E-state index contributed by atoms with van der Waals surface area (Å²) < 4.78 is 0. The third kappa shape index (κ3) is 2.58. The zero-order valence-corrected chi connectivity index (χ0v) is 12.2. The van der Waals surface area contributed by atoms with E-state index in [4.69, 9.17) is 0 Å². The van der Waals surface area contributed by atoms with Crippen LogP contribution in [0.5, 0.6) is 0 Å². The molecule has 1 aliphatic heterocycles. The van der Waals surface area contributed by atoms with Crippen LogP contribution in [0.4, 0.5) is 5.13 Å². The minimum atomic E-state index is -0.434. The molecule has 21 heavy (non-hydrogen) atoms. The standard InChI is InChI=1S/C13H14N4O3S/c1-7-2-3-8-9(4-7)12(20)17(11(8)19)5-10(18)15-13-16-14-6-21-13/h2,6,8-9H,3-5H2,1H3,(H,15,16,18). The third-order valence-electron chi connectivity index (χ3n) is 3.82. The summed E-state index contributed by atoms with van der Waals surface area (Å²) in [5.41, 5.74) is 2.61. The molecule has 1 saturated heterocycles. The van der Waals surface area contributed by atoms with Crippen LogP contribution in [-0.2, 0) is 14.4 Å². The van der Waals surface area contributed by atoms with Gasteiger partial charge in [0.05, 0.1) is 11.8 Å². The van der Waals surface area contributed by atoms with Crippen LogP contribution in [0.3, 0.4) is 0 Å². The number of anilines is 1. The number of likely N-dealkylation sites (tertiary alicyclic amines) is 1. The quantitative estimate of drug-likeness (QED) is 0.659. The lowest BCUT2D eigenvalue weighted by molar-refractivity contribution is -0.142. The fraction of sp³-hybridized carbons (Fsp3) is 0.462. The molecule has 110 valence electrons. The molecule has 2 unspecified atom stereocenters. The van der Waals surface area contributed by atoms with Crippen LogP contribution in [0, 0.1) is 11.8 Å². The molecule has 0 radical (unpaired) electrons. The van der Waals surface area contributed by atoms with E-state index in [1.165, 1.54) is 16.8 Å². The van der Waals surface area contributed by atoms with Crippen molar-refractivity contribution in [3.8, 4) is 0 Å². The van der Waals surface area contributed by atoms with Crippen LogP contribution in [0.15, 0.2) is 17.2 Å². The summed E-state index contributed by atoms with van der Waals surface area (Å²) in [6.07, 6.45) is 3.18. The molecule has 2 heterocycles. The Morgan fingerprint density at radius 1 is 1.43 bits per heavy atom. The summed E-state index contributed by atoms with van der Waals surface area (Å²) >= 11 is 1.18. The van der Waals surface area contributed by atoms with Gasteiger partial charge in [0.2, 0.25) is 22.9 Å². The monoisotopic (exact) mass is 306 g/mol. The molecule has 0 saturated carbocycles. The van der Waals surface area contributed by atoms with Crippen LogP contribution in [0.1, 0.15) is 19.8 Å². The summed E-state index contributed by atoms with van der Waals surface area (Å²) in [6.45, 7) is 1.70. The van der Waals surface area contributed by atoms with Gasteiger partial charge in [-0.2, -0.15) is 0 Å². The van der Waals surface area contributed by atoms with Crippen LogP contribution < -0.4 is 5.32 Å². The lowest BCUT2D eigenvalue weighted by Gasteiger charge is -2.19. The van der Waals surface area contributed by atoms with E-state index < -0.39 is 5.91 Å². The van der Waals surface area contributed by atoms with E-state index in [0.717, 1.165) is 10.5 Å². The molecule has 1 N–H and O–H groups in total. The second-order valence-electron chi connectivity index (χ2n) is 5.26. The van der Waals surface area contributed by atoms with Gasteiger partial charge in [-0.3, -0.25) is 24.6 Å². The first-order chi connectivity index (χ1) is 10.1. The second kappa shape index (κ2) is 5.36. The van der Waals surface area contributed by atoms with E-state index >= 15 is 0 Å². The highest BCUT2D eigenvalue weighted by molar-refractivity contribution is 7.13. The van der Waals surface area contributed by atoms with Crippen LogP contribution >= 0.6 is 11.3 Å². The Bertz CT molecular complexity index is 625. The largest absolute Gasteiger partial charge is 0.299 e. The van der Waals surface area contributed by atoms with Gasteiger partial charge in [0.1, 0.15) is 12.1 Å². The Kier molecular flexibility index (Phi) is 3.54. The fourth-order valence-corrected chi connectivity index (χ4v) is 3.25. The van der Waals surface area contributed by atoms with Crippen molar-refractivity contribution < 1.29 is 14.4 Å². The Labute approximate surface area is 125 Å². The molecular weight excluding hydrogens is 292 g/mol. The normalized spacial score (nSPS) is 24.8. The molecular formula is C13H14N4O3S. The number of allylic oxidation sites excluding steroid dienone is 2. The van der Waals surface area contributed by atoms with Gasteiger partial charge < -0.3 is 0 Å². The molecule has 2 atom stereocenters. The molecule has 0 aromatic carbocycles. The Hall–Kier alpha value is -2.09. The number of hydrogen-bond acceptors (Lipinski definition) is 6. The highest BCUT2D eigenvalue weighted by Crippen LogP contribution is 2.37. The molecule has 1 fully saturated rings. The minimum absolute atomic E-state index is 0.245. The number of carbonyl (C=O) groups is 3. The molecule has 2 aliphatic rings. The van der Waals surface area contributed by atoms with Gasteiger partial charge in [0.25, 0.3) is 0 Å². The number of amides is 3. The molecule has 3 amide bonds. The first-order valence-corrected chi connectivity index (χ1v) is 7.51. The van der Waals surface area contributed by atoms with Gasteiger partial charge in [-0.05, 0) is 19.8 Å². The lowest BCUT2D eigenvalue weighted by atomic mass is 9.82. The zero-order chi connectivity index (χ0) is 15.0. The highest BCUT2D eigenvalue weighted by atomic mass is 32.1. The molecule has 0 spiro atoms. The first-order valence-electron chi connectivity index (χ1n) is 6.63. The summed E-state index contributed by atoms with van der Waals surface area (Å²) in [7, 11) is 0. The Balaban J connectivity index is 1.68. The molecule has 8 heteroatoms. The van der Waals surface area contributed by atoms with Crippen molar-refractivity contribution in [2.24, 2.45) is 11.8 Å². The van der Waals surface area contributed by atoms with Crippen molar-refractivity contribution in [3.05, 3.63) is 17.2 Å². The van der Waals surface area contributed by atoms with Crippen molar-refractivity contribution in [3.63, 3.8) is 0 Å². The smallest absolute Gasteiger partial charge is 0.246 e. The molecule has 1 aliphatic carbocycles. The van der Waals surface area contributed by atoms with Crippen molar-refractivity contribution >= 4 is 34.2 Å². The molecule has 1 aromatic heterocycles. The van der Waals surface area contributed by atoms with Crippen molar-refractivity contribution in [2.45, 2.75) is 19.8 Å². The maximum atomic E-state index is 12.3. The summed E-state index contributed by atoms with van der Waals surface area (Å²) in [4.78, 5) is 37.5. The van der Waals surface area contributed by atoms with Crippen LogP contribution in [0.2, 0.25) is 0 Å². The van der Waals surface area contributed by atoms with E-state index in [2.05, 4.69) is 15.5 Å². The number of rotatable bonds is 3. The molecule has 7 nitrogen and oxygen atoms in total. The number of aromatic nitrogens is 2. The van der Waals surface area contributed by atoms with Gasteiger partial charge >= 0.3 is 0 Å². The SMILES string of the molecule is CC1=CCC2C(=O)N(CC(=O)Nc3nncs3)C(=O)C2C1. The van der Waals surface area contributed by atoms with Gasteiger partial charge in [-0.25, -0.2) is 0 Å². The maximum absolute atomic E-state index is 12.3. The maximum Gasteiger partial charge on any atom is 0.246 e. The summed E-state index contributed by atoms with van der Waals surface area (Å²) in [5.74, 6) is -1.55. The van der Waals surface area contributed by atoms with Gasteiger partial charge in [0, 0.05) is 0 Å². The van der Waals surface area contributed by atoms with Crippen LogP contribution in [0.25, 0.3) is 0 Å². The van der Waals surface area contributed by atoms with Gasteiger partial charge in [-0.15, -0.1) is 10.2 Å². The van der Waals surface area contributed by atoms with E-state index in [9.17, 15) is 14.4 Å². The number of nitrogens with zero attached hydrogens (tertiary/aromatic N) is 3. The van der Waals surface area contributed by atoms with Crippen molar-refractivity contribution in [2.75, 3.05) is 11.9 Å². The Morgan fingerprint density at radius 2 is 2.19 bits per heavy atom. The average Bonchev–Trinajstić information content (AvgIpc) is 3.02. The van der Waals surface area contributed by atoms with Gasteiger partial charge in [0.15, 0.2) is 0 Å². The predicted octanol–water partition coefficient (Wildman–Crippen LogP) is 0.818.